The highest BCUT2D eigenvalue weighted by molar-refractivity contribution is 5.88. The number of nitrogens with zero attached hydrogens (tertiary/aromatic N) is 1. The molecule has 2 aromatic rings. The van der Waals surface area contributed by atoms with Crippen LogP contribution in [0.15, 0.2) is 18.3 Å². The van der Waals surface area contributed by atoms with E-state index < -0.39 is 0 Å². The van der Waals surface area contributed by atoms with E-state index in [2.05, 4.69) is 22.4 Å². The zero-order chi connectivity index (χ0) is 13.3. The van der Waals surface area contributed by atoms with E-state index in [9.17, 15) is 0 Å². The van der Waals surface area contributed by atoms with E-state index in [0.29, 0.717) is 0 Å². The van der Waals surface area contributed by atoms with Crippen LogP contribution in [-0.4, -0.2) is 30.0 Å². The number of fused-ring (bicyclic) bond motifs is 1. The number of benzene rings is 1. The molecule has 1 aromatic carbocycles. The average molecular weight is 260 g/mol. The van der Waals surface area contributed by atoms with Gasteiger partial charge in [0.05, 0.1) is 23.1 Å². The topological polar surface area (TPSA) is 76.0 Å². The van der Waals surface area contributed by atoms with Gasteiger partial charge in [-0.25, -0.2) is 0 Å². The summed E-state index contributed by atoms with van der Waals surface area (Å²) in [5.41, 5.74) is 9.11. The molecule has 3 rings (SSSR count). The van der Waals surface area contributed by atoms with Crippen LogP contribution < -0.4 is 11.1 Å². The molecule has 2 heterocycles. The van der Waals surface area contributed by atoms with E-state index >= 15 is 0 Å². The average Bonchev–Trinajstić information content (AvgIpc) is 2.84. The number of H-pyrrole nitrogens is 1. The van der Waals surface area contributed by atoms with E-state index in [0.717, 1.165) is 54.9 Å². The molecule has 4 N–H and O–H groups in total. The Morgan fingerprint density at radius 2 is 2.21 bits per heavy atom. The highest BCUT2D eigenvalue weighted by Gasteiger charge is 2.27. The van der Waals surface area contributed by atoms with E-state index in [-0.39, 0.29) is 5.41 Å². The van der Waals surface area contributed by atoms with Gasteiger partial charge in [0.25, 0.3) is 0 Å². The number of ether oxygens (including phenoxy) is 1. The van der Waals surface area contributed by atoms with E-state index in [1.807, 2.05) is 12.1 Å². The summed E-state index contributed by atoms with van der Waals surface area (Å²) in [5, 5.41) is 11.5. The SMILES string of the molecule is CC1(CNc2cc3[nH]ncc3cc2N)CCOCC1. The number of aromatic amines is 1. The summed E-state index contributed by atoms with van der Waals surface area (Å²) in [4.78, 5) is 0. The number of nitrogen functional groups attached to an aromatic ring is 1. The quantitative estimate of drug-likeness (QED) is 0.741. The lowest BCUT2D eigenvalue weighted by Gasteiger charge is -2.34. The van der Waals surface area contributed by atoms with E-state index in [4.69, 9.17) is 10.5 Å². The molecular formula is C14H20N4O. The molecule has 19 heavy (non-hydrogen) atoms. The fourth-order valence-corrected chi connectivity index (χ4v) is 2.51. The summed E-state index contributed by atoms with van der Waals surface area (Å²) in [6, 6.07) is 3.98. The predicted molar refractivity (Wildman–Crippen MR) is 77.2 cm³/mol. The predicted octanol–water partition coefficient (Wildman–Crippen LogP) is 2.37. The second kappa shape index (κ2) is 4.74. The Kier molecular flexibility index (Phi) is 3.06. The molecule has 102 valence electrons. The second-order valence-electron chi connectivity index (χ2n) is 5.67. The van der Waals surface area contributed by atoms with Gasteiger partial charge in [-0.15, -0.1) is 0 Å². The van der Waals surface area contributed by atoms with Gasteiger partial charge in [0.1, 0.15) is 0 Å². The molecule has 0 aliphatic carbocycles. The van der Waals surface area contributed by atoms with Crippen LogP contribution in [0.1, 0.15) is 19.8 Å². The van der Waals surface area contributed by atoms with Crippen molar-refractivity contribution in [2.24, 2.45) is 5.41 Å². The molecule has 0 atom stereocenters. The molecule has 0 amide bonds. The smallest absolute Gasteiger partial charge is 0.0672 e. The van der Waals surface area contributed by atoms with Crippen molar-refractivity contribution in [2.75, 3.05) is 30.8 Å². The molecular weight excluding hydrogens is 240 g/mol. The summed E-state index contributed by atoms with van der Waals surface area (Å²) in [5.74, 6) is 0. The molecule has 5 heteroatoms. The Hall–Kier alpha value is -1.75. The van der Waals surface area contributed by atoms with Gasteiger partial charge in [-0.05, 0) is 30.4 Å². The van der Waals surface area contributed by atoms with Gasteiger partial charge >= 0.3 is 0 Å². The second-order valence-corrected chi connectivity index (χ2v) is 5.67. The zero-order valence-electron chi connectivity index (χ0n) is 11.2. The summed E-state index contributed by atoms with van der Waals surface area (Å²) in [6.45, 7) is 4.92. The first-order chi connectivity index (χ1) is 9.16. The number of hydrogen-bond acceptors (Lipinski definition) is 4. The van der Waals surface area contributed by atoms with Gasteiger partial charge in [0, 0.05) is 25.1 Å². The maximum Gasteiger partial charge on any atom is 0.0672 e. The van der Waals surface area contributed by atoms with Gasteiger partial charge in [0.15, 0.2) is 0 Å². The van der Waals surface area contributed by atoms with Gasteiger partial charge < -0.3 is 15.8 Å². The fraction of sp³-hybridized carbons (Fsp3) is 0.500. The minimum Gasteiger partial charge on any atom is -0.397 e. The molecule has 0 radical (unpaired) electrons. The van der Waals surface area contributed by atoms with Crippen molar-refractivity contribution in [3.05, 3.63) is 18.3 Å². The molecule has 1 aliphatic heterocycles. The molecule has 1 aromatic heterocycles. The first kappa shape index (κ1) is 12.3. The Morgan fingerprint density at radius 1 is 1.42 bits per heavy atom. The van der Waals surface area contributed by atoms with Gasteiger partial charge in [0.2, 0.25) is 0 Å². The lowest BCUT2D eigenvalue weighted by Crippen LogP contribution is -2.33. The Bertz CT molecular complexity index is 572. The van der Waals surface area contributed by atoms with E-state index in [1.54, 1.807) is 6.20 Å². The largest absolute Gasteiger partial charge is 0.397 e. The molecule has 1 aliphatic rings. The van der Waals surface area contributed by atoms with Crippen LogP contribution in [-0.2, 0) is 4.74 Å². The van der Waals surface area contributed by atoms with Crippen molar-refractivity contribution < 1.29 is 4.74 Å². The Labute approximate surface area is 112 Å². The Morgan fingerprint density at radius 3 is 3.00 bits per heavy atom. The lowest BCUT2D eigenvalue weighted by atomic mass is 9.82. The van der Waals surface area contributed by atoms with Crippen LogP contribution in [0.2, 0.25) is 0 Å². The third kappa shape index (κ3) is 2.51. The maximum atomic E-state index is 6.08. The number of anilines is 2. The lowest BCUT2D eigenvalue weighted by molar-refractivity contribution is 0.0300. The first-order valence-electron chi connectivity index (χ1n) is 6.71. The van der Waals surface area contributed by atoms with Crippen LogP contribution >= 0.6 is 0 Å². The van der Waals surface area contributed by atoms with Gasteiger partial charge in [-0.2, -0.15) is 5.10 Å². The van der Waals surface area contributed by atoms with Crippen molar-refractivity contribution >= 4 is 22.3 Å². The molecule has 1 saturated heterocycles. The minimum absolute atomic E-state index is 0.285. The number of hydrogen-bond donors (Lipinski definition) is 3. The third-order valence-electron chi connectivity index (χ3n) is 4.02. The third-order valence-corrected chi connectivity index (χ3v) is 4.02. The number of nitrogens with two attached hydrogens (primary N) is 1. The zero-order valence-corrected chi connectivity index (χ0v) is 11.2. The van der Waals surface area contributed by atoms with Crippen molar-refractivity contribution in [2.45, 2.75) is 19.8 Å². The monoisotopic (exact) mass is 260 g/mol. The van der Waals surface area contributed by atoms with Crippen LogP contribution in [0.25, 0.3) is 10.9 Å². The maximum absolute atomic E-state index is 6.08. The van der Waals surface area contributed by atoms with Gasteiger partial charge in [-0.1, -0.05) is 6.92 Å². The highest BCUT2D eigenvalue weighted by Crippen LogP contribution is 2.31. The van der Waals surface area contributed by atoms with Crippen LogP contribution in [0.4, 0.5) is 11.4 Å². The van der Waals surface area contributed by atoms with Crippen molar-refractivity contribution in [3.63, 3.8) is 0 Å². The summed E-state index contributed by atoms with van der Waals surface area (Å²) < 4.78 is 5.42. The normalized spacial score (nSPS) is 18.6. The van der Waals surface area contributed by atoms with Crippen LogP contribution in [0.3, 0.4) is 0 Å². The van der Waals surface area contributed by atoms with Crippen molar-refractivity contribution in [1.82, 2.24) is 10.2 Å². The number of rotatable bonds is 3. The molecule has 1 fully saturated rings. The van der Waals surface area contributed by atoms with Crippen LogP contribution in [0, 0.1) is 5.41 Å². The summed E-state index contributed by atoms with van der Waals surface area (Å²) in [6.07, 6.45) is 3.97. The molecule has 5 nitrogen and oxygen atoms in total. The number of nitrogens with one attached hydrogen (secondary N) is 2. The van der Waals surface area contributed by atoms with Crippen molar-refractivity contribution in [3.8, 4) is 0 Å². The minimum atomic E-state index is 0.285. The molecule has 0 bridgehead atoms. The summed E-state index contributed by atoms with van der Waals surface area (Å²) >= 11 is 0. The molecule has 0 unspecified atom stereocenters. The molecule has 0 saturated carbocycles. The van der Waals surface area contributed by atoms with E-state index in [1.165, 1.54) is 0 Å². The highest BCUT2D eigenvalue weighted by atomic mass is 16.5. The Balaban J connectivity index is 1.75. The van der Waals surface area contributed by atoms with Gasteiger partial charge in [-0.3, -0.25) is 5.10 Å². The van der Waals surface area contributed by atoms with Crippen LogP contribution in [0.5, 0.6) is 0 Å². The fourth-order valence-electron chi connectivity index (χ4n) is 2.51. The first-order valence-corrected chi connectivity index (χ1v) is 6.71. The number of aromatic nitrogens is 2. The molecule has 0 spiro atoms. The summed E-state index contributed by atoms with van der Waals surface area (Å²) in [7, 11) is 0. The van der Waals surface area contributed by atoms with Crippen molar-refractivity contribution in [1.29, 1.82) is 0 Å². The standard InChI is InChI=1S/C14H20N4O/c1-14(2-4-19-5-3-14)9-16-13-7-12-10(6-11(13)15)8-17-18-12/h6-8,16H,2-5,9,15H2,1H3,(H,17,18).